The second kappa shape index (κ2) is 4.74. The van der Waals surface area contributed by atoms with Crippen molar-refractivity contribution in [3.05, 3.63) is 41.7 Å². The molecule has 0 saturated carbocycles. The molecule has 2 N–H and O–H groups in total. The first-order valence-electron chi connectivity index (χ1n) is 6.11. The summed E-state index contributed by atoms with van der Waals surface area (Å²) in [6, 6.07) is 8.55. The number of benzene rings is 1. The minimum absolute atomic E-state index is 0.0519. The van der Waals surface area contributed by atoms with Gasteiger partial charge in [-0.1, -0.05) is 23.4 Å². The smallest absolute Gasteiger partial charge is 0.0991 e. The van der Waals surface area contributed by atoms with Crippen molar-refractivity contribution >= 4 is 11.8 Å². The number of nitrogens with two attached hydrogens (primary N) is 1. The molecule has 1 aromatic heterocycles. The van der Waals surface area contributed by atoms with E-state index in [1.54, 1.807) is 0 Å². The van der Waals surface area contributed by atoms with Crippen molar-refractivity contribution < 1.29 is 0 Å². The summed E-state index contributed by atoms with van der Waals surface area (Å²) in [6.45, 7) is 2.80. The molecule has 1 aliphatic rings. The molecule has 0 saturated heterocycles. The van der Waals surface area contributed by atoms with Crippen LogP contribution < -0.4 is 5.73 Å². The van der Waals surface area contributed by atoms with Crippen molar-refractivity contribution in [1.82, 2.24) is 15.0 Å². The number of thioether (sulfide) groups is 1. The number of aromatic nitrogens is 3. The Morgan fingerprint density at radius 1 is 1.50 bits per heavy atom. The average Bonchev–Trinajstić information content (AvgIpc) is 2.98. The molecule has 2 unspecified atom stereocenters. The van der Waals surface area contributed by atoms with Gasteiger partial charge in [0.2, 0.25) is 0 Å². The summed E-state index contributed by atoms with van der Waals surface area (Å²) in [7, 11) is 0. The van der Waals surface area contributed by atoms with Gasteiger partial charge < -0.3 is 5.73 Å². The lowest BCUT2D eigenvalue weighted by Gasteiger charge is -2.09. The van der Waals surface area contributed by atoms with Gasteiger partial charge in [-0.15, -0.1) is 16.9 Å². The van der Waals surface area contributed by atoms with Gasteiger partial charge in [0.25, 0.3) is 0 Å². The Morgan fingerprint density at radius 2 is 2.33 bits per heavy atom. The zero-order chi connectivity index (χ0) is 12.5. The van der Waals surface area contributed by atoms with Gasteiger partial charge in [-0.25, -0.2) is 0 Å². The zero-order valence-electron chi connectivity index (χ0n) is 10.3. The molecule has 3 rings (SSSR count). The van der Waals surface area contributed by atoms with Gasteiger partial charge in [0.15, 0.2) is 0 Å². The van der Waals surface area contributed by atoms with Crippen LogP contribution in [-0.4, -0.2) is 20.7 Å². The highest BCUT2D eigenvalue weighted by Crippen LogP contribution is 2.39. The summed E-state index contributed by atoms with van der Waals surface area (Å²) >= 11 is 1.92. The van der Waals surface area contributed by atoms with E-state index in [2.05, 4.69) is 34.6 Å². The van der Waals surface area contributed by atoms with E-state index in [9.17, 15) is 0 Å². The van der Waals surface area contributed by atoms with E-state index in [0.717, 1.165) is 18.0 Å². The lowest BCUT2D eigenvalue weighted by molar-refractivity contribution is 0.532. The van der Waals surface area contributed by atoms with Crippen LogP contribution in [0.5, 0.6) is 0 Å². The monoisotopic (exact) mass is 260 g/mol. The van der Waals surface area contributed by atoms with Crippen molar-refractivity contribution in [3.63, 3.8) is 0 Å². The lowest BCUT2D eigenvalue weighted by atomic mass is 10.0. The van der Waals surface area contributed by atoms with Crippen LogP contribution in [-0.2, 0) is 6.54 Å². The number of nitrogens with zero attached hydrogens (tertiary/aromatic N) is 3. The number of rotatable bonds is 3. The van der Waals surface area contributed by atoms with Crippen molar-refractivity contribution in [2.75, 3.05) is 5.75 Å². The minimum atomic E-state index is -0.0519. The van der Waals surface area contributed by atoms with Crippen LogP contribution >= 0.6 is 11.8 Å². The fourth-order valence-corrected chi connectivity index (χ4v) is 3.46. The summed E-state index contributed by atoms with van der Waals surface area (Å²) in [5.74, 6) is 1.64. The molecule has 0 radical (unpaired) electrons. The third-order valence-corrected chi connectivity index (χ3v) is 4.48. The summed E-state index contributed by atoms with van der Waals surface area (Å²) in [5, 5.41) is 8.25. The van der Waals surface area contributed by atoms with Crippen molar-refractivity contribution in [3.8, 4) is 0 Å². The Morgan fingerprint density at radius 3 is 3.11 bits per heavy atom. The Kier molecular flexibility index (Phi) is 3.09. The van der Waals surface area contributed by atoms with E-state index >= 15 is 0 Å². The molecule has 1 aromatic carbocycles. The molecular formula is C13H16N4S. The first-order chi connectivity index (χ1) is 8.74. The highest BCUT2D eigenvalue weighted by Gasteiger charge is 2.23. The maximum atomic E-state index is 5.79. The molecule has 0 spiro atoms. The standard InChI is InChI=1S/C13H16N4S/c1-9(14)12-7-17(16-15-12)6-10-8-18-13-5-3-2-4-11(10)13/h2-5,7,9-10H,6,8,14H2,1H3. The Hall–Kier alpha value is -1.33. The minimum Gasteiger partial charge on any atom is -0.323 e. The molecule has 0 amide bonds. The van der Waals surface area contributed by atoms with E-state index in [1.807, 2.05) is 29.6 Å². The molecule has 5 heteroatoms. The Labute approximate surface area is 111 Å². The summed E-state index contributed by atoms with van der Waals surface area (Å²) < 4.78 is 1.91. The third kappa shape index (κ3) is 2.15. The van der Waals surface area contributed by atoms with Gasteiger partial charge in [0.05, 0.1) is 18.4 Å². The molecule has 0 fully saturated rings. The highest BCUT2D eigenvalue weighted by atomic mass is 32.2. The van der Waals surface area contributed by atoms with Crippen LogP contribution in [0.15, 0.2) is 35.4 Å². The number of fused-ring (bicyclic) bond motifs is 1. The normalized spacial score (nSPS) is 19.8. The predicted octanol–water partition coefficient (Wildman–Crippen LogP) is 2.19. The lowest BCUT2D eigenvalue weighted by Crippen LogP contribution is -2.09. The van der Waals surface area contributed by atoms with Gasteiger partial charge in [-0.3, -0.25) is 4.68 Å². The quantitative estimate of drug-likeness (QED) is 0.919. The van der Waals surface area contributed by atoms with Crippen molar-refractivity contribution in [2.45, 2.75) is 30.3 Å². The van der Waals surface area contributed by atoms with Crippen LogP contribution in [0.2, 0.25) is 0 Å². The first-order valence-corrected chi connectivity index (χ1v) is 7.10. The third-order valence-electron chi connectivity index (χ3n) is 3.23. The van der Waals surface area contributed by atoms with Gasteiger partial charge in [0, 0.05) is 22.6 Å². The second-order valence-electron chi connectivity index (χ2n) is 4.70. The van der Waals surface area contributed by atoms with Crippen LogP contribution in [0.1, 0.15) is 30.1 Å². The fourth-order valence-electron chi connectivity index (χ4n) is 2.22. The highest BCUT2D eigenvalue weighted by molar-refractivity contribution is 7.99. The molecular weight excluding hydrogens is 244 g/mol. The molecule has 1 aliphatic heterocycles. The SMILES string of the molecule is CC(N)c1cn(CC2CSc3ccccc32)nn1. The van der Waals surface area contributed by atoms with Crippen molar-refractivity contribution in [1.29, 1.82) is 0 Å². The van der Waals surface area contributed by atoms with Crippen LogP contribution in [0, 0.1) is 0 Å². The molecule has 18 heavy (non-hydrogen) atoms. The molecule has 0 aliphatic carbocycles. The average molecular weight is 260 g/mol. The number of hydrogen-bond donors (Lipinski definition) is 1. The van der Waals surface area contributed by atoms with Crippen LogP contribution in [0.25, 0.3) is 0 Å². The van der Waals surface area contributed by atoms with Crippen LogP contribution in [0.4, 0.5) is 0 Å². The molecule has 2 atom stereocenters. The molecule has 4 nitrogen and oxygen atoms in total. The molecule has 0 bridgehead atoms. The summed E-state index contributed by atoms with van der Waals surface area (Å²) in [5.41, 5.74) is 8.08. The summed E-state index contributed by atoms with van der Waals surface area (Å²) in [6.07, 6.45) is 1.95. The Balaban J connectivity index is 1.78. The first kappa shape index (κ1) is 11.7. The van der Waals surface area contributed by atoms with Crippen LogP contribution in [0.3, 0.4) is 0 Å². The van der Waals surface area contributed by atoms with Crippen molar-refractivity contribution in [2.24, 2.45) is 5.73 Å². The van der Waals surface area contributed by atoms with Gasteiger partial charge >= 0.3 is 0 Å². The molecule has 2 aromatic rings. The van der Waals surface area contributed by atoms with E-state index in [0.29, 0.717) is 5.92 Å². The molecule has 2 heterocycles. The summed E-state index contributed by atoms with van der Waals surface area (Å²) in [4.78, 5) is 1.40. The maximum Gasteiger partial charge on any atom is 0.0991 e. The fraction of sp³-hybridized carbons (Fsp3) is 0.385. The molecule has 94 valence electrons. The van der Waals surface area contributed by atoms with E-state index in [4.69, 9.17) is 5.73 Å². The largest absolute Gasteiger partial charge is 0.323 e. The number of hydrogen-bond acceptors (Lipinski definition) is 4. The van der Waals surface area contributed by atoms with Gasteiger partial charge in [0.1, 0.15) is 0 Å². The second-order valence-corrected chi connectivity index (χ2v) is 5.76. The maximum absolute atomic E-state index is 5.79. The van der Waals surface area contributed by atoms with E-state index < -0.39 is 0 Å². The van der Waals surface area contributed by atoms with Gasteiger partial charge in [-0.05, 0) is 18.6 Å². The zero-order valence-corrected chi connectivity index (χ0v) is 11.1. The topological polar surface area (TPSA) is 56.7 Å². The Bertz CT molecular complexity index is 549. The van der Waals surface area contributed by atoms with E-state index in [-0.39, 0.29) is 6.04 Å². The van der Waals surface area contributed by atoms with E-state index in [1.165, 1.54) is 10.5 Å². The predicted molar refractivity (Wildman–Crippen MR) is 72.5 cm³/mol. The van der Waals surface area contributed by atoms with Gasteiger partial charge in [-0.2, -0.15) is 0 Å².